The van der Waals surface area contributed by atoms with Crippen LogP contribution in [0, 0.1) is 0 Å². The van der Waals surface area contributed by atoms with Crippen LogP contribution < -0.4 is 5.32 Å². The van der Waals surface area contributed by atoms with Gasteiger partial charge in [0.1, 0.15) is 0 Å². The lowest BCUT2D eigenvalue weighted by Gasteiger charge is -2.03. The van der Waals surface area contributed by atoms with E-state index >= 15 is 0 Å². The van der Waals surface area contributed by atoms with E-state index in [1.165, 1.54) is 6.20 Å². The van der Waals surface area contributed by atoms with Gasteiger partial charge in [0.15, 0.2) is 0 Å². The largest absolute Gasteiger partial charge is 0.351 e. The minimum Gasteiger partial charge on any atom is -0.351 e. The summed E-state index contributed by atoms with van der Waals surface area (Å²) < 4.78 is 24.9. The van der Waals surface area contributed by atoms with Gasteiger partial charge in [0, 0.05) is 19.3 Å². The second kappa shape index (κ2) is 5.25. The maximum absolute atomic E-state index is 11.7. The highest BCUT2D eigenvalue weighted by Crippen LogP contribution is 1.91. The molecule has 0 saturated heterocycles. The fourth-order valence-corrected chi connectivity index (χ4v) is 0.882. The molecule has 1 aromatic rings. The molecule has 1 heterocycles. The molecule has 0 unspecified atom stereocenters. The quantitative estimate of drug-likeness (QED) is 0.689. The van der Waals surface area contributed by atoms with Gasteiger partial charge in [-0.3, -0.25) is 9.48 Å². The molecule has 0 aliphatic rings. The highest BCUT2D eigenvalue weighted by Gasteiger charge is 2.13. The average Bonchev–Trinajstić information content (AvgIpc) is 2.64. The van der Waals surface area contributed by atoms with Crippen LogP contribution in [0.4, 0.5) is 8.78 Å². The summed E-state index contributed by atoms with van der Waals surface area (Å²) in [5.74, 6) is -1.23. The van der Waals surface area contributed by atoms with Crippen LogP contribution in [0.5, 0.6) is 0 Å². The van der Waals surface area contributed by atoms with Crippen molar-refractivity contribution in [3.05, 3.63) is 12.4 Å². The van der Waals surface area contributed by atoms with E-state index < -0.39 is 12.3 Å². The first kappa shape index (κ1) is 10.6. The lowest BCUT2D eigenvalue weighted by atomic mass is 10.4. The van der Waals surface area contributed by atoms with E-state index in [9.17, 15) is 13.6 Å². The van der Waals surface area contributed by atoms with Crippen molar-refractivity contribution in [1.82, 2.24) is 20.3 Å². The fraction of sp³-hybridized carbons (Fsp3) is 0.571. The number of aryl methyl sites for hydroxylation is 1. The van der Waals surface area contributed by atoms with Gasteiger partial charge in [-0.2, -0.15) is 8.78 Å². The molecule has 7 heteroatoms. The van der Waals surface area contributed by atoms with Gasteiger partial charge in [-0.15, -0.1) is 5.10 Å². The molecule has 0 aliphatic carbocycles. The zero-order chi connectivity index (χ0) is 10.4. The molecule has 0 atom stereocenters. The Bertz CT molecular complexity index is 275. The maximum atomic E-state index is 11.7. The number of aromatic nitrogens is 3. The standard InChI is InChI=1S/C7H10F2N4O/c8-6(9)7(14)10-2-1-4-13-5-3-11-12-13/h3,5-6H,1-2,4H2,(H,10,14). The first-order valence-corrected chi connectivity index (χ1v) is 4.10. The van der Waals surface area contributed by atoms with Crippen LogP contribution in [0.15, 0.2) is 12.4 Å². The summed E-state index contributed by atoms with van der Waals surface area (Å²) >= 11 is 0. The van der Waals surface area contributed by atoms with Gasteiger partial charge in [-0.1, -0.05) is 5.21 Å². The SMILES string of the molecule is O=C(NCCCn1ccnn1)C(F)F. The molecule has 0 radical (unpaired) electrons. The number of nitrogens with zero attached hydrogens (tertiary/aromatic N) is 3. The number of hydrogen-bond acceptors (Lipinski definition) is 3. The van der Waals surface area contributed by atoms with Crippen molar-refractivity contribution in [2.75, 3.05) is 6.54 Å². The molecular formula is C7H10F2N4O. The lowest BCUT2D eigenvalue weighted by Crippen LogP contribution is -2.30. The Morgan fingerprint density at radius 3 is 2.93 bits per heavy atom. The van der Waals surface area contributed by atoms with Crippen LogP contribution in [0.25, 0.3) is 0 Å². The second-order valence-electron chi connectivity index (χ2n) is 2.61. The van der Waals surface area contributed by atoms with Crippen LogP contribution in [0.1, 0.15) is 6.42 Å². The number of amides is 1. The van der Waals surface area contributed by atoms with Crippen LogP contribution in [-0.4, -0.2) is 33.9 Å². The monoisotopic (exact) mass is 204 g/mol. The smallest absolute Gasteiger partial charge is 0.315 e. The normalized spacial score (nSPS) is 10.5. The van der Waals surface area contributed by atoms with Crippen molar-refractivity contribution in [2.45, 2.75) is 19.4 Å². The highest BCUT2D eigenvalue weighted by molar-refractivity contribution is 5.78. The van der Waals surface area contributed by atoms with Gasteiger partial charge < -0.3 is 5.32 Å². The maximum Gasteiger partial charge on any atom is 0.315 e. The van der Waals surface area contributed by atoms with Crippen LogP contribution in [0.2, 0.25) is 0 Å². The summed E-state index contributed by atoms with van der Waals surface area (Å²) in [4.78, 5) is 10.4. The molecular weight excluding hydrogens is 194 g/mol. The number of carbonyl (C=O) groups is 1. The third-order valence-electron chi connectivity index (χ3n) is 1.53. The summed E-state index contributed by atoms with van der Waals surface area (Å²) in [6.45, 7) is 0.756. The Labute approximate surface area is 79.1 Å². The number of alkyl halides is 2. The Morgan fingerprint density at radius 1 is 1.57 bits per heavy atom. The summed E-state index contributed by atoms with van der Waals surface area (Å²) in [5, 5.41) is 9.34. The van der Waals surface area contributed by atoms with E-state index in [2.05, 4.69) is 15.6 Å². The minimum atomic E-state index is -2.94. The van der Waals surface area contributed by atoms with Crippen LogP contribution in [-0.2, 0) is 11.3 Å². The van der Waals surface area contributed by atoms with Gasteiger partial charge in [-0.25, -0.2) is 0 Å². The number of hydrogen-bond donors (Lipinski definition) is 1. The molecule has 1 N–H and O–H groups in total. The molecule has 1 rings (SSSR count). The third kappa shape index (κ3) is 3.46. The fourth-order valence-electron chi connectivity index (χ4n) is 0.882. The third-order valence-corrected chi connectivity index (χ3v) is 1.53. The number of halogens is 2. The van der Waals surface area contributed by atoms with Gasteiger partial charge in [0.25, 0.3) is 5.91 Å². The molecule has 14 heavy (non-hydrogen) atoms. The zero-order valence-corrected chi connectivity index (χ0v) is 7.36. The Hall–Kier alpha value is -1.53. The van der Waals surface area contributed by atoms with Crippen molar-refractivity contribution in [1.29, 1.82) is 0 Å². The van der Waals surface area contributed by atoms with Gasteiger partial charge in [0.05, 0.1) is 6.20 Å². The molecule has 1 amide bonds. The zero-order valence-electron chi connectivity index (χ0n) is 7.36. The molecule has 0 saturated carbocycles. The van der Waals surface area contributed by atoms with Crippen LogP contribution in [0.3, 0.4) is 0 Å². The predicted molar refractivity (Wildman–Crippen MR) is 43.7 cm³/mol. The highest BCUT2D eigenvalue weighted by atomic mass is 19.3. The molecule has 1 aromatic heterocycles. The van der Waals surface area contributed by atoms with E-state index in [0.717, 1.165) is 0 Å². The Morgan fingerprint density at radius 2 is 2.36 bits per heavy atom. The summed E-state index contributed by atoms with van der Waals surface area (Å²) in [7, 11) is 0. The summed E-state index contributed by atoms with van der Waals surface area (Å²) in [6.07, 6.45) is 0.787. The lowest BCUT2D eigenvalue weighted by molar-refractivity contribution is -0.131. The first-order chi connectivity index (χ1) is 6.70. The van der Waals surface area contributed by atoms with Crippen molar-refractivity contribution in [3.63, 3.8) is 0 Å². The van der Waals surface area contributed by atoms with Gasteiger partial charge in [0.2, 0.25) is 0 Å². The average molecular weight is 204 g/mol. The van der Waals surface area contributed by atoms with Gasteiger partial charge >= 0.3 is 6.43 Å². The van der Waals surface area contributed by atoms with Crippen molar-refractivity contribution >= 4 is 5.91 Å². The molecule has 5 nitrogen and oxygen atoms in total. The first-order valence-electron chi connectivity index (χ1n) is 4.10. The number of rotatable bonds is 5. The minimum absolute atomic E-state index is 0.211. The Kier molecular flexibility index (Phi) is 3.96. The summed E-state index contributed by atoms with van der Waals surface area (Å²) in [5.41, 5.74) is 0. The second-order valence-corrected chi connectivity index (χ2v) is 2.61. The van der Waals surface area contributed by atoms with E-state index in [4.69, 9.17) is 0 Å². The van der Waals surface area contributed by atoms with E-state index in [1.54, 1.807) is 10.9 Å². The van der Waals surface area contributed by atoms with Gasteiger partial charge in [-0.05, 0) is 6.42 Å². The van der Waals surface area contributed by atoms with Crippen molar-refractivity contribution in [3.8, 4) is 0 Å². The van der Waals surface area contributed by atoms with E-state index in [1.807, 2.05) is 0 Å². The molecule has 0 bridgehead atoms. The molecule has 0 aromatic carbocycles. The number of nitrogens with one attached hydrogen (secondary N) is 1. The molecule has 78 valence electrons. The molecule has 0 fully saturated rings. The van der Waals surface area contributed by atoms with Crippen molar-refractivity contribution < 1.29 is 13.6 Å². The molecule has 0 spiro atoms. The van der Waals surface area contributed by atoms with E-state index in [0.29, 0.717) is 13.0 Å². The topological polar surface area (TPSA) is 59.8 Å². The number of carbonyl (C=O) groups excluding carboxylic acids is 1. The Balaban J connectivity index is 2.08. The van der Waals surface area contributed by atoms with Crippen LogP contribution >= 0.6 is 0 Å². The van der Waals surface area contributed by atoms with Crippen molar-refractivity contribution in [2.24, 2.45) is 0 Å². The summed E-state index contributed by atoms with van der Waals surface area (Å²) in [6, 6.07) is 0. The molecule has 0 aliphatic heterocycles. The predicted octanol–water partition coefficient (Wildman–Crippen LogP) is 0.0495. The van der Waals surface area contributed by atoms with E-state index in [-0.39, 0.29) is 6.54 Å².